The maximum absolute atomic E-state index is 12.2. The van der Waals surface area contributed by atoms with E-state index < -0.39 is 29.5 Å². The number of carboxylic acids is 1. The van der Waals surface area contributed by atoms with E-state index in [1.807, 2.05) is 0 Å². The molecular formula is C16H23NO6. The number of methoxy groups -OCH3 is 2. The maximum atomic E-state index is 12.2. The van der Waals surface area contributed by atoms with Crippen molar-refractivity contribution in [2.75, 3.05) is 14.2 Å². The van der Waals surface area contributed by atoms with Crippen LogP contribution in [-0.2, 0) is 14.3 Å². The van der Waals surface area contributed by atoms with E-state index in [1.165, 1.54) is 14.2 Å². The molecule has 1 rings (SSSR count). The summed E-state index contributed by atoms with van der Waals surface area (Å²) in [6, 6.07) is 3.65. The van der Waals surface area contributed by atoms with Crippen LogP contribution in [0.5, 0.6) is 11.5 Å². The summed E-state index contributed by atoms with van der Waals surface area (Å²) < 4.78 is 15.4. The predicted octanol–water partition coefficient (Wildman–Crippen LogP) is 1.75. The lowest BCUT2D eigenvalue weighted by Gasteiger charge is -2.25. The molecule has 0 heterocycles. The number of nitrogens with two attached hydrogens (primary N) is 1. The zero-order valence-corrected chi connectivity index (χ0v) is 14.0. The Bertz CT molecular complexity index is 556. The third-order valence-electron chi connectivity index (χ3n) is 3.04. The fourth-order valence-electron chi connectivity index (χ4n) is 1.98. The molecule has 7 nitrogen and oxygen atoms in total. The molecule has 0 aliphatic rings. The molecule has 1 aromatic carbocycles. The molecule has 0 saturated heterocycles. The third kappa shape index (κ3) is 5.14. The van der Waals surface area contributed by atoms with Crippen LogP contribution >= 0.6 is 0 Å². The van der Waals surface area contributed by atoms with E-state index in [4.69, 9.17) is 19.9 Å². The molecule has 23 heavy (non-hydrogen) atoms. The van der Waals surface area contributed by atoms with Gasteiger partial charge in [-0.2, -0.15) is 0 Å². The molecule has 1 unspecified atom stereocenters. The average Bonchev–Trinajstić information content (AvgIpc) is 2.44. The molecule has 0 spiro atoms. The van der Waals surface area contributed by atoms with E-state index in [9.17, 15) is 14.7 Å². The Labute approximate surface area is 135 Å². The second-order valence-electron chi connectivity index (χ2n) is 6.02. The predicted molar refractivity (Wildman–Crippen MR) is 83.4 cm³/mol. The van der Waals surface area contributed by atoms with Gasteiger partial charge in [0.15, 0.2) is 5.92 Å². The second kappa shape index (κ2) is 7.32. The van der Waals surface area contributed by atoms with Crippen LogP contribution in [-0.4, -0.2) is 36.9 Å². The largest absolute Gasteiger partial charge is 0.497 e. The highest BCUT2D eigenvalue weighted by Crippen LogP contribution is 2.30. The van der Waals surface area contributed by atoms with Crippen LogP contribution in [0, 0.1) is 5.92 Å². The van der Waals surface area contributed by atoms with Crippen molar-refractivity contribution in [1.82, 2.24) is 0 Å². The number of aliphatic carboxylic acids is 1. The van der Waals surface area contributed by atoms with E-state index in [0.717, 1.165) is 0 Å². The van der Waals surface area contributed by atoms with E-state index in [1.54, 1.807) is 39.0 Å². The lowest BCUT2D eigenvalue weighted by atomic mass is 9.93. The molecule has 0 amide bonds. The number of ether oxygens (including phenoxy) is 3. The summed E-state index contributed by atoms with van der Waals surface area (Å²) in [4.78, 5) is 23.7. The van der Waals surface area contributed by atoms with E-state index in [2.05, 4.69) is 0 Å². The van der Waals surface area contributed by atoms with Crippen molar-refractivity contribution in [2.45, 2.75) is 32.4 Å². The lowest BCUT2D eigenvalue weighted by molar-refractivity contribution is -0.167. The van der Waals surface area contributed by atoms with Crippen molar-refractivity contribution < 1.29 is 28.9 Å². The summed E-state index contributed by atoms with van der Waals surface area (Å²) in [5.41, 5.74) is 5.61. The topological polar surface area (TPSA) is 108 Å². The van der Waals surface area contributed by atoms with Crippen molar-refractivity contribution in [3.05, 3.63) is 23.8 Å². The number of esters is 1. The first-order chi connectivity index (χ1) is 10.6. The Hall–Kier alpha value is -2.28. The summed E-state index contributed by atoms with van der Waals surface area (Å²) in [6.07, 6.45) is 0. The first kappa shape index (κ1) is 18.8. The van der Waals surface area contributed by atoms with Crippen LogP contribution in [0.25, 0.3) is 0 Å². The number of carbonyl (C=O) groups is 2. The van der Waals surface area contributed by atoms with Gasteiger partial charge in [-0.1, -0.05) is 0 Å². The van der Waals surface area contributed by atoms with Crippen LogP contribution in [0.2, 0.25) is 0 Å². The molecule has 0 saturated carbocycles. The highest BCUT2D eigenvalue weighted by atomic mass is 16.6. The van der Waals surface area contributed by atoms with Crippen LogP contribution in [0.3, 0.4) is 0 Å². The smallest absolute Gasteiger partial charge is 0.322 e. The SMILES string of the molecule is COc1cc(OC)cc(C(N)[C@@H](C(=O)O)C(=O)OC(C)(C)C)c1. The molecule has 0 radical (unpaired) electrons. The van der Waals surface area contributed by atoms with Crippen molar-refractivity contribution in [1.29, 1.82) is 0 Å². The minimum Gasteiger partial charge on any atom is -0.497 e. The average molecular weight is 325 g/mol. The molecule has 0 aliphatic carbocycles. The van der Waals surface area contributed by atoms with Crippen molar-refractivity contribution in [2.24, 2.45) is 11.7 Å². The summed E-state index contributed by atoms with van der Waals surface area (Å²) in [5.74, 6) is -2.88. The van der Waals surface area contributed by atoms with Gasteiger partial charge in [-0.3, -0.25) is 9.59 Å². The summed E-state index contributed by atoms with van der Waals surface area (Å²) in [7, 11) is 2.93. The van der Waals surface area contributed by atoms with Gasteiger partial charge in [-0.05, 0) is 38.5 Å². The molecule has 1 aromatic rings. The van der Waals surface area contributed by atoms with Gasteiger partial charge in [0, 0.05) is 6.07 Å². The minimum absolute atomic E-state index is 0.402. The number of rotatable bonds is 6. The molecule has 0 aromatic heterocycles. The van der Waals surface area contributed by atoms with Crippen LogP contribution in [0.15, 0.2) is 18.2 Å². The van der Waals surface area contributed by atoms with Gasteiger partial charge < -0.3 is 25.1 Å². The quantitative estimate of drug-likeness (QED) is 0.606. The first-order valence-electron chi connectivity index (χ1n) is 7.03. The van der Waals surface area contributed by atoms with Gasteiger partial charge in [0.2, 0.25) is 0 Å². The highest BCUT2D eigenvalue weighted by molar-refractivity contribution is 5.95. The minimum atomic E-state index is -1.54. The highest BCUT2D eigenvalue weighted by Gasteiger charge is 2.37. The zero-order valence-electron chi connectivity index (χ0n) is 14.0. The van der Waals surface area contributed by atoms with Gasteiger partial charge in [-0.25, -0.2) is 0 Å². The molecular weight excluding hydrogens is 302 g/mol. The number of hydrogen-bond donors (Lipinski definition) is 2. The normalized spacial score (nSPS) is 13.8. The summed E-state index contributed by atoms with van der Waals surface area (Å²) >= 11 is 0. The summed E-state index contributed by atoms with van der Waals surface area (Å²) in [6.45, 7) is 4.97. The fourth-order valence-corrected chi connectivity index (χ4v) is 1.98. The molecule has 2 atom stereocenters. The molecule has 0 bridgehead atoms. The molecule has 0 fully saturated rings. The Balaban J connectivity index is 3.18. The number of hydrogen-bond acceptors (Lipinski definition) is 6. The van der Waals surface area contributed by atoms with E-state index >= 15 is 0 Å². The first-order valence-corrected chi connectivity index (χ1v) is 7.03. The Morgan fingerprint density at radius 1 is 1.09 bits per heavy atom. The van der Waals surface area contributed by atoms with Crippen LogP contribution in [0.1, 0.15) is 32.4 Å². The standard InChI is InChI=1S/C16H23NO6/c1-16(2,3)23-15(20)12(14(18)19)13(17)9-6-10(21-4)8-11(7-9)22-5/h6-8,12-13H,17H2,1-5H3,(H,18,19)/t12-,13?/m0/s1. The molecule has 7 heteroatoms. The van der Waals surface area contributed by atoms with Gasteiger partial charge in [0.1, 0.15) is 17.1 Å². The molecule has 3 N–H and O–H groups in total. The summed E-state index contributed by atoms with van der Waals surface area (Å²) in [5, 5.41) is 9.38. The Morgan fingerprint density at radius 3 is 1.91 bits per heavy atom. The van der Waals surface area contributed by atoms with Crippen molar-refractivity contribution in [3.8, 4) is 11.5 Å². The van der Waals surface area contributed by atoms with E-state index in [-0.39, 0.29) is 0 Å². The molecule has 0 aliphatic heterocycles. The maximum Gasteiger partial charge on any atom is 0.322 e. The number of benzene rings is 1. The van der Waals surface area contributed by atoms with Crippen LogP contribution < -0.4 is 15.2 Å². The van der Waals surface area contributed by atoms with Gasteiger partial charge in [0.25, 0.3) is 0 Å². The van der Waals surface area contributed by atoms with Gasteiger partial charge in [0.05, 0.1) is 20.3 Å². The third-order valence-corrected chi connectivity index (χ3v) is 3.04. The fraction of sp³-hybridized carbons (Fsp3) is 0.500. The van der Waals surface area contributed by atoms with E-state index in [0.29, 0.717) is 17.1 Å². The van der Waals surface area contributed by atoms with Crippen molar-refractivity contribution >= 4 is 11.9 Å². The lowest BCUT2D eigenvalue weighted by Crippen LogP contribution is -2.39. The van der Waals surface area contributed by atoms with Crippen molar-refractivity contribution in [3.63, 3.8) is 0 Å². The zero-order chi connectivity index (χ0) is 17.8. The van der Waals surface area contributed by atoms with Gasteiger partial charge >= 0.3 is 11.9 Å². The Kier molecular flexibility index (Phi) is 5.98. The number of carboxylic acid groups (broad SMARTS) is 1. The molecule has 128 valence electrons. The Morgan fingerprint density at radius 2 is 1.57 bits per heavy atom. The number of carbonyl (C=O) groups excluding carboxylic acids is 1. The van der Waals surface area contributed by atoms with Crippen LogP contribution in [0.4, 0.5) is 0 Å². The van der Waals surface area contributed by atoms with Gasteiger partial charge in [-0.15, -0.1) is 0 Å². The second-order valence-corrected chi connectivity index (χ2v) is 6.02. The monoisotopic (exact) mass is 325 g/mol.